The summed E-state index contributed by atoms with van der Waals surface area (Å²) in [6.45, 7) is 11.5. The van der Waals surface area contributed by atoms with Crippen molar-refractivity contribution in [3.8, 4) is 0 Å². The van der Waals surface area contributed by atoms with Gasteiger partial charge in [-0.15, -0.1) is 0 Å². The summed E-state index contributed by atoms with van der Waals surface area (Å²) in [5.74, 6) is 0. The van der Waals surface area contributed by atoms with Crippen LogP contribution >= 0.6 is 0 Å². The zero-order valence-corrected chi connectivity index (χ0v) is 16.3. The topological polar surface area (TPSA) is 0 Å². The highest BCUT2D eigenvalue weighted by molar-refractivity contribution is 6.81. The van der Waals surface area contributed by atoms with Gasteiger partial charge in [0.1, 0.15) is 8.80 Å². The van der Waals surface area contributed by atoms with Crippen molar-refractivity contribution in [3.63, 3.8) is 0 Å². The molecule has 1 atom stereocenters. The summed E-state index contributed by atoms with van der Waals surface area (Å²) < 4.78 is 0. The molecule has 0 aliphatic heterocycles. The van der Waals surface area contributed by atoms with Gasteiger partial charge in [0.25, 0.3) is 0 Å². The van der Waals surface area contributed by atoms with Gasteiger partial charge in [0.15, 0.2) is 0 Å². The molecule has 0 aromatic heterocycles. The monoisotopic (exact) mass is 312 g/mol. The van der Waals surface area contributed by atoms with Crippen LogP contribution in [0.15, 0.2) is 35.1 Å². The van der Waals surface area contributed by atoms with E-state index in [9.17, 15) is 0 Å². The van der Waals surface area contributed by atoms with E-state index < -0.39 is 8.80 Å². The zero-order chi connectivity index (χ0) is 16.1. The Morgan fingerprint density at radius 1 is 0.955 bits per heavy atom. The minimum atomic E-state index is -1.06. The predicted molar refractivity (Wildman–Crippen MR) is 103 cm³/mol. The number of benzene rings is 1. The van der Waals surface area contributed by atoms with E-state index in [1.54, 1.807) is 16.0 Å². The molecule has 0 nitrogen and oxygen atoms in total. The maximum Gasteiger partial charge on any atom is 0.103 e. The Morgan fingerprint density at radius 3 is 2.23 bits per heavy atom. The Balaban J connectivity index is 2.39. The van der Waals surface area contributed by atoms with Crippen molar-refractivity contribution in [1.29, 1.82) is 0 Å². The van der Waals surface area contributed by atoms with Gasteiger partial charge in [0.05, 0.1) is 0 Å². The minimum absolute atomic E-state index is 1.06. The lowest BCUT2D eigenvalue weighted by Crippen LogP contribution is -2.37. The number of allylic oxidation sites excluding steroid dienone is 4. The second kappa shape index (κ2) is 7.96. The third-order valence-electron chi connectivity index (χ3n) is 5.01. The Kier molecular flexibility index (Phi) is 6.25. The van der Waals surface area contributed by atoms with Crippen molar-refractivity contribution in [2.45, 2.75) is 72.8 Å². The molecule has 0 N–H and O–H groups in total. The Hall–Kier alpha value is -1.08. The molecule has 0 saturated carbocycles. The normalized spacial score (nSPS) is 15.7. The molecule has 0 spiro atoms. The highest BCUT2D eigenvalue weighted by Gasteiger charge is 2.25. The van der Waals surface area contributed by atoms with Gasteiger partial charge in [-0.25, -0.2) is 0 Å². The van der Waals surface area contributed by atoms with Crippen LogP contribution in [0.4, 0.5) is 0 Å². The molecule has 0 heterocycles. The molecular weight excluding hydrogens is 280 g/mol. The average Bonchev–Trinajstić information content (AvgIpc) is 2.93. The van der Waals surface area contributed by atoms with Gasteiger partial charge < -0.3 is 0 Å². The molecule has 1 aliphatic rings. The molecule has 120 valence electrons. The summed E-state index contributed by atoms with van der Waals surface area (Å²) in [5, 5.41) is 3.49. The van der Waals surface area contributed by atoms with E-state index in [2.05, 4.69) is 58.9 Å². The molecule has 1 aromatic carbocycles. The van der Waals surface area contributed by atoms with E-state index in [-0.39, 0.29) is 0 Å². The highest BCUT2D eigenvalue weighted by Crippen LogP contribution is 2.28. The first-order chi connectivity index (χ1) is 10.6. The summed E-state index contributed by atoms with van der Waals surface area (Å²) in [6.07, 6.45) is 11.5. The molecule has 2 rings (SSSR count). The van der Waals surface area contributed by atoms with E-state index in [0.717, 1.165) is 0 Å². The van der Waals surface area contributed by atoms with E-state index in [0.29, 0.717) is 0 Å². The molecule has 0 bridgehead atoms. The quantitative estimate of drug-likeness (QED) is 0.464. The molecule has 1 unspecified atom stereocenters. The third kappa shape index (κ3) is 3.81. The van der Waals surface area contributed by atoms with E-state index >= 15 is 0 Å². The van der Waals surface area contributed by atoms with Crippen LogP contribution in [-0.2, 0) is 0 Å². The van der Waals surface area contributed by atoms with Crippen molar-refractivity contribution in [1.82, 2.24) is 0 Å². The molecule has 1 aliphatic carbocycles. The lowest BCUT2D eigenvalue weighted by atomic mass is 10.1. The zero-order valence-electron chi connectivity index (χ0n) is 15.1. The van der Waals surface area contributed by atoms with Crippen LogP contribution in [0.2, 0.25) is 6.04 Å². The first-order valence-electron chi connectivity index (χ1n) is 9.05. The van der Waals surface area contributed by atoms with Gasteiger partial charge in [0.2, 0.25) is 0 Å². The Labute approximate surface area is 138 Å². The molecule has 0 amide bonds. The maximum atomic E-state index is 2.54. The number of aryl methyl sites for hydroxylation is 3. The second-order valence-corrected chi connectivity index (χ2v) is 9.72. The maximum absolute atomic E-state index is 2.54. The van der Waals surface area contributed by atoms with Crippen LogP contribution < -0.4 is 5.19 Å². The first kappa shape index (κ1) is 17.3. The smallest absolute Gasteiger partial charge is 0.0811 e. The van der Waals surface area contributed by atoms with Gasteiger partial charge in [0, 0.05) is 0 Å². The van der Waals surface area contributed by atoms with Crippen molar-refractivity contribution in [3.05, 3.63) is 51.7 Å². The summed E-state index contributed by atoms with van der Waals surface area (Å²) in [6, 6.07) is 6.22. The van der Waals surface area contributed by atoms with Crippen LogP contribution in [0.1, 0.15) is 62.6 Å². The van der Waals surface area contributed by atoms with Gasteiger partial charge in [-0.1, -0.05) is 96.1 Å². The Morgan fingerprint density at radius 2 is 1.64 bits per heavy atom. The third-order valence-corrected chi connectivity index (χ3v) is 8.96. The number of rotatable bonds is 7. The summed E-state index contributed by atoms with van der Waals surface area (Å²) in [4.78, 5) is 0. The lowest BCUT2D eigenvalue weighted by molar-refractivity contribution is 0.767. The molecule has 0 fully saturated rings. The largest absolute Gasteiger partial charge is 0.103 e. The van der Waals surface area contributed by atoms with Crippen LogP contribution in [0.5, 0.6) is 0 Å². The van der Waals surface area contributed by atoms with Gasteiger partial charge in [-0.05, 0) is 33.6 Å². The average molecular weight is 313 g/mol. The SMILES string of the molecule is CCCCC[SiH](C1=CCC=C1CC)c1c(C)cc(C)cc1C. The lowest BCUT2D eigenvalue weighted by Gasteiger charge is -2.24. The molecular formula is C21H32Si. The second-order valence-electron chi connectivity index (χ2n) is 6.84. The van der Waals surface area contributed by atoms with E-state index in [1.807, 2.05) is 0 Å². The minimum Gasteiger partial charge on any atom is -0.0811 e. The summed E-state index contributed by atoms with van der Waals surface area (Å²) >= 11 is 0. The van der Waals surface area contributed by atoms with Crippen molar-refractivity contribution < 1.29 is 0 Å². The number of hydrogen-bond donors (Lipinski definition) is 0. The first-order valence-corrected chi connectivity index (χ1v) is 11.0. The van der Waals surface area contributed by atoms with Crippen LogP contribution in [-0.4, -0.2) is 8.80 Å². The highest BCUT2D eigenvalue weighted by atomic mass is 28.3. The van der Waals surface area contributed by atoms with Crippen molar-refractivity contribution >= 4 is 14.0 Å². The van der Waals surface area contributed by atoms with E-state index in [1.165, 1.54) is 54.8 Å². The fourth-order valence-electron chi connectivity index (χ4n) is 4.09. The van der Waals surface area contributed by atoms with Crippen LogP contribution in [0.25, 0.3) is 0 Å². The van der Waals surface area contributed by atoms with Crippen LogP contribution in [0, 0.1) is 20.8 Å². The fraction of sp³-hybridized carbons (Fsp3) is 0.524. The summed E-state index contributed by atoms with van der Waals surface area (Å²) in [5.41, 5.74) is 6.13. The molecule has 22 heavy (non-hydrogen) atoms. The Bertz CT molecular complexity index is 555. The molecule has 1 heteroatoms. The van der Waals surface area contributed by atoms with Gasteiger partial charge in [-0.2, -0.15) is 0 Å². The van der Waals surface area contributed by atoms with Crippen molar-refractivity contribution in [2.24, 2.45) is 0 Å². The molecule has 0 saturated heterocycles. The predicted octanol–water partition coefficient (Wildman–Crippen LogP) is 5.44. The van der Waals surface area contributed by atoms with Crippen molar-refractivity contribution in [2.75, 3.05) is 0 Å². The molecule has 1 aromatic rings. The van der Waals surface area contributed by atoms with Gasteiger partial charge >= 0.3 is 0 Å². The van der Waals surface area contributed by atoms with Crippen LogP contribution in [0.3, 0.4) is 0 Å². The number of unbranched alkanes of at least 4 members (excludes halogenated alkanes) is 2. The number of hydrogen-bond acceptors (Lipinski definition) is 0. The van der Waals surface area contributed by atoms with E-state index in [4.69, 9.17) is 0 Å². The van der Waals surface area contributed by atoms with Gasteiger partial charge in [-0.3, -0.25) is 0 Å². The molecule has 0 radical (unpaired) electrons. The standard InChI is InChI=1S/C21H32Si/c1-6-8-9-13-22(20-12-10-11-19(20)7-2)21-17(4)14-16(3)15-18(21)5/h11-12,14-15,22H,6-10,13H2,1-5H3. The summed E-state index contributed by atoms with van der Waals surface area (Å²) in [7, 11) is -1.06. The fourth-order valence-corrected chi connectivity index (χ4v) is 8.15.